The Kier molecular flexibility index (Phi) is 5.84. The van der Waals surface area contributed by atoms with Gasteiger partial charge in [0.1, 0.15) is 6.10 Å². The molecule has 0 N–H and O–H groups in total. The summed E-state index contributed by atoms with van der Waals surface area (Å²) in [6.07, 6.45) is 4.71. The van der Waals surface area contributed by atoms with Gasteiger partial charge in [-0.15, -0.1) is 0 Å². The number of piperazine rings is 1. The van der Waals surface area contributed by atoms with Crippen LogP contribution in [-0.4, -0.2) is 64.7 Å². The third-order valence-electron chi connectivity index (χ3n) is 4.97. The number of amides is 1. The number of nitrogens with zero attached hydrogens (tertiary/aromatic N) is 4. The van der Waals surface area contributed by atoms with Crippen LogP contribution in [0.25, 0.3) is 0 Å². The Morgan fingerprint density at radius 1 is 1.33 bits per heavy atom. The predicted molar refractivity (Wildman–Crippen MR) is 88.5 cm³/mol. The molecule has 0 aromatic carbocycles. The first-order chi connectivity index (χ1) is 11.7. The van der Waals surface area contributed by atoms with E-state index in [1.807, 2.05) is 4.90 Å². The number of aryl methyl sites for hydroxylation is 1. The number of carbonyl (C=O) groups excluding carboxylic acids is 1. The van der Waals surface area contributed by atoms with Gasteiger partial charge in [-0.25, -0.2) is 0 Å². The van der Waals surface area contributed by atoms with Crippen molar-refractivity contribution in [3.63, 3.8) is 0 Å². The van der Waals surface area contributed by atoms with Crippen LogP contribution in [0.1, 0.15) is 57.3 Å². The van der Waals surface area contributed by atoms with E-state index in [-0.39, 0.29) is 18.1 Å². The molecule has 2 unspecified atom stereocenters. The van der Waals surface area contributed by atoms with Crippen LogP contribution in [0.2, 0.25) is 0 Å². The number of carbonyl (C=O) groups is 1. The third-order valence-corrected chi connectivity index (χ3v) is 4.97. The van der Waals surface area contributed by atoms with E-state index in [0.29, 0.717) is 12.5 Å². The number of hydrogen-bond donors (Lipinski definition) is 0. The molecule has 2 aliphatic heterocycles. The lowest BCUT2D eigenvalue weighted by molar-refractivity contribution is -0.143. The van der Waals surface area contributed by atoms with Crippen LogP contribution in [-0.2, 0) is 16.0 Å². The van der Waals surface area contributed by atoms with Gasteiger partial charge in [-0.2, -0.15) is 4.98 Å². The van der Waals surface area contributed by atoms with Gasteiger partial charge in [-0.3, -0.25) is 9.69 Å². The van der Waals surface area contributed by atoms with Gasteiger partial charge in [0.25, 0.3) is 5.91 Å². The van der Waals surface area contributed by atoms with Gasteiger partial charge < -0.3 is 14.2 Å². The molecule has 2 saturated heterocycles. The average Bonchev–Trinajstić information content (AvgIpc) is 3.30. The zero-order valence-corrected chi connectivity index (χ0v) is 14.7. The second kappa shape index (κ2) is 8.07. The fraction of sp³-hybridized carbons (Fsp3) is 0.824. The highest BCUT2D eigenvalue weighted by atomic mass is 16.5. The maximum absolute atomic E-state index is 12.4. The van der Waals surface area contributed by atoms with Crippen LogP contribution in [0, 0.1) is 0 Å². The minimum absolute atomic E-state index is 0.0906. The summed E-state index contributed by atoms with van der Waals surface area (Å²) in [6.45, 7) is 8.08. The van der Waals surface area contributed by atoms with Crippen LogP contribution < -0.4 is 0 Å². The van der Waals surface area contributed by atoms with Crippen molar-refractivity contribution in [3.05, 3.63) is 11.7 Å². The van der Waals surface area contributed by atoms with E-state index in [1.54, 1.807) is 0 Å². The van der Waals surface area contributed by atoms with E-state index in [4.69, 9.17) is 9.26 Å². The summed E-state index contributed by atoms with van der Waals surface area (Å²) < 4.78 is 10.9. The molecule has 1 amide bonds. The summed E-state index contributed by atoms with van der Waals surface area (Å²) in [6, 6.07) is 0.0906. The molecule has 24 heavy (non-hydrogen) atoms. The number of hydrogen-bond acceptors (Lipinski definition) is 6. The van der Waals surface area contributed by atoms with Crippen molar-refractivity contribution in [2.75, 3.05) is 32.8 Å². The van der Waals surface area contributed by atoms with E-state index in [0.717, 1.165) is 64.1 Å². The fourth-order valence-electron chi connectivity index (χ4n) is 3.34. The van der Waals surface area contributed by atoms with Crippen molar-refractivity contribution >= 4 is 5.91 Å². The minimum Gasteiger partial charge on any atom is -0.368 e. The molecule has 0 aliphatic carbocycles. The highest BCUT2D eigenvalue weighted by molar-refractivity contribution is 5.81. The van der Waals surface area contributed by atoms with Crippen molar-refractivity contribution in [2.45, 2.75) is 58.1 Å². The highest BCUT2D eigenvalue weighted by Gasteiger charge is 2.32. The topological polar surface area (TPSA) is 71.7 Å². The molecule has 2 atom stereocenters. The molecular weight excluding hydrogens is 308 g/mol. The van der Waals surface area contributed by atoms with E-state index >= 15 is 0 Å². The number of aromatic nitrogens is 2. The smallest absolute Gasteiger partial charge is 0.251 e. The number of unbranched alkanes of at least 4 members (excludes halogenated alkanes) is 1. The van der Waals surface area contributed by atoms with E-state index in [1.165, 1.54) is 0 Å². The van der Waals surface area contributed by atoms with Crippen LogP contribution in [0.4, 0.5) is 0 Å². The van der Waals surface area contributed by atoms with Crippen molar-refractivity contribution in [2.24, 2.45) is 0 Å². The van der Waals surface area contributed by atoms with Crippen LogP contribution in [0.5, 0.6) is 0 Å². The van der Waals surface area contributed by atoms with Crippen molar-refractivity contribution in [1.29, 1.82) is 0 Å². The van der Waals surface area contributed by atoms with Gasteiger partial charge in [0, 0.05) is 39.2 Å². The second-order valence-corrected chi connectivity index (χ2v) is 6.69. The monoisotopic (exact) mass is 336 g/mol. The molecule has 2 fully saturated rings. The lowest BCUT2D eigenvalue weighted by Gasteiger charge is -2.37. The van der Waals surface area contributed by atoms with E-state index in [2.05, 4.69) is 28.9 Å². The summed E-state index contributed by atoms with van der Waals surface area (Å²) >= 11 is 0. The molecule has 1 aromatic rings. The van der Waals surface area contributed by atoms with Gasteiger partial charge in [0.2, 0.25) is 5.89 Å². The molecule has 0 spiro atoms. The van der Waals surface area contributed by atoms with Crippen molar-refractivity contribution in [3.8, 4) is 0 Å². The first kappa shape index (κ1) is 17.4. The van der Waals surface area contributed by atoms with Gasteiger partial charge in [-0.1, -0.05) is 18.5 Å². The minimum atomic E-state index is -0.217. The lowest BCUT2D eigenvalue weighted by Crippen LogP contribution is -2.51. The maximum Gasteiger partial charge on any atom is 0.251 e. The zero-order chi connectivity index (χ0) is 16.9. The van der Waals surface area contributed by atoms with Crippen molar-refractivity contribution in [1.82, 2.24) is 19.9 Å². The zero-order valence-electron chi connectivity index (χ0n) is 14.7. The Morgan fingerprint density at radius 2 is 2.12 bits per heavy atom. The summed E-state index contributed by atoms with van der Waals surface area (Å²) in [5, 5.41) is 4.07. The summed E-state index contributed by atoms with van der Waals surface area (Å²) in [4.78, 5) is 21.1. The third kappa shape index (κ3) is 3.95. The quantitative estimate of drug-likeness (QED) is 0.789. The normalized spacial score (nSPS) is 23.6. The van der Waals surface area contributed by atoms with Crippen LogP contribution in [0.3, 0.4) is 0 Å². The Bertz CT molecular complexity index is 534. The van der Waals surface area contributed by atoms with Crippen molar-refractivity contribution < 1.29 is 14.1 Å². The fourth-order valence-corrected chi connectivity index (χ4v) is 3.34. The molecular formula is C17H28N4O3. The standard InChI is InChI=1S/C17H28N4O3/c1-3-4-7-15-18-16(24-19-15)13(2)20-8-10-21(11-9-20)17(22)14-6-5-12-23-14/h13-14H,3-12H2,1-2H3. The SMILES string of the molecule is CCCCc1noc(C(C)N2CCN(C(=O)C3CCCO3)CC2)n1. The molecule has 0 saturated carbocycles. The lowest BCUT2D eigenvalue weighted by atomic mass is 10.2. The molecule has 3 heterocycles. The van der Waals surface area contributed by atoms with Gasteiger partial charge in [0.05, 0.1) is 6.04 Å². The number of ether oxygens (including phenoxy) is 1. The summed E-state index contributed by atoms with van der Waals surface area (Å²) in [5.41, 5.74) is 0. The first-order valence-electron chi connectivity index (χ1n) is 9.16. The molecule has 7 nitrogen and oxygen atoms in total. The van der Waals surface area contributed by atoms with E-state index < -0.39 is 0 Å². The largest absolute Gasteiger partial charge is 0.368 e. The van der Waals surface area contributed by atoms with Gasteiger partial charge in [-0.05, 0) is 26.2 Å². The van der Waals surface area contributed by atoms with Crippen LogP contribution in [0.15, 0.2) is 4.52 Å². The molecule has 1 aromatic heterocycles. The summed E-state index contributed by atoms with van der Waals surface area (Å²) in [5.74, 6) is 1.63. The molecule has 0 radical (unpaired) electrons. The number of rotatable bonds is 6. The summed E-state index contributed by atoms with van der Waals surface area (Å²) in [7, 11) is 0. The second-order valence-electron chi connectivity index (χ2n) is 6.69. The van der Waals surface area contributed by atoms with Crippen LogP contribution >= 0.6 is 0 Å². The highest BCUT2D eigenvalue weighted by Crippen LogP contribution is 2.22. The molecule has 7 heteroatoms. The first-order valence-corrected chi connectivity index (χ1v) is 9.16. The average molecular weight is 336 g/mol. The van der Waals surface area contributed by atoms with Gasteiger partial charge in [0.15, 0.2) is 5.82 Å². The Morgan fingerprint density at radius 3 is 2.79 bits per heavy atom. The Hall–Kier alpha value is -1.47. The Labute approximate surface area is 143 Å². The molecule has 2 aliphatic rings. The van der Waals surface area contributed by atoms with Gasteiger partial charge >= 0.3 is 0 Å². The maximum atomic E-state index is 12.4. The molecule has 134 valence electrons. The van der Waals surface area contributed by atoms with E-state index in [9.17, 15) is 4.79 Å². The molecule has 0 bridgehead atoms. The predicted octanol–water partition coefficient (Wildman–Crippen LogP) is 1.80. The molecule has 3 rings (SSSR count). The Balaban J connectivity index is 1.50.